The maximum absolute atomic E-state index is 5.15. The van der Waals surface area contributed by atoms with Gasteiger partial charge < -0.3 is 14.8 Å². The van der Waals surface area contributed by atoms with Crippen LogP contribution in [0.15, 0.2) is 0 Å². The molecule has 0 saturated carbocycles. The van der Waals surface area contributed by atoms with Crippen LogP contribution in [0.25, 0.3) is 0 Å². The summed E-state index contributed by atoms with van der Waals surface area (Å²) in [6.07, 6.45) is 1.82. The molecule has 0 spiro atoms. The predicted molar refractivity (Wildman–Crippen MR) is 60.2 cm³/mol. The molecule has 0 unspecified atom stereocenters. The van der Waals surface area contributed by atoms with Gasteiger partial charge in [0.25, 0.3) is 0 Å². The fraction of sp³-hybridized carbons (Fsp3) is 0.778. The zero-order valence-corrected chi connectivity index (χ0v) is 9.97. The summed E-state index contributed by atoms with van der Waals surface area (Å²) in [6, 6.07) is 0. The number of aryl methyl sites for hydroxylation is 1. The summed E-state index contributed by atoms with van der Waals surface area (Å²) in [6.45, 7) is 3.95. The number of methoxy groups -OCH3 is 1. The van der Waals surface area contributed by atoms with Gasteiger partial charge in [0.2, 0.25) is 5.13 Å². The lowest BCUT2D eigenvalue weighted by molar-refractivity contribution is -0.0303. The highest BCUT2D eigenvalue weighted by atomic mass is 32.1. The van der Waals surface area contributed by atoms with Gasteiger partial charge in [-0.3, -0.25) is 0 Å². The van der Waals surface area contributed by atoms with Gasteiger partial charge in [0.15, 0.2) is 0 Å². The van der Waals surface area contributed by atoms with Gasteiger partial charge in [-0.2, -0.15) is 4.37 Å². The lowest BCUT2D eigenvalue weighted by atomic mass is 10.4. The Kier molecular flexibility index (Phi) is 6.22. The Morgan fingerprint density at radius 2 is 2.33 bits per heavy atom. The summed E-state index contributed by atoms with van der Waals surface area (Å²) in [5.74, 6) is 0.901. The molecule has 1 heterocycles. The zero-order chi connectivity index (χ0) is 10.9. The molecule has 15 heavy (non-hydrogen) atoms. The number of aromatic nitrogens is 2. The Balaban J connectivity index is 2.04. The van der Waals surface area contributed by atoms with Crippen molar-refractivity contribution in [2.75, 3.05) is 32.4 Å². The van der Waals surface area contributed by atoms with Crippen molar-refractivity contribution in [1.29, 1.82) is 0 Å². The van der Waals surface area contributed by atoms with Crippen molar-refractivity contribution in [2.45, 2.75) is 19.8 Å². The third-order valence-corrected chi connectivity index (χ3v) is 2.44. The van der Waals surface area contributed by atoms with Crippen LogP contribution in [0.3, 0.4) is 0 Å². The summed E-state index contributed by atoms with van der Waals surface area (Å²) < 4.78 is 14.1. The first-order chi connectivity index (χ1) is 7.36. The first-order valence-electron chi connectivity index (χ1n) is 5.00. The van der Waals surface area contributed by atoms with Crippen LogP contribution in [0.4, 0.5) is 5.13 Å². The number of nitrogens with one attached hydrogen (secondary N) is 1. The van der Waals surface area contributed by atoms with E-state index in [1.807, 2.05) is 6.92 Å². The highest BCUT2D eigenvalue weighted by molar-refractivity contribution is 7.09. The summed E-state index contributed by atoms with van der Waals surface area (Å²) in [7, 11) is 1.62. The van der Waals surface area contributed by atoms with Crippen LogP contribution in [0.2, 0.25) is 0 Å². The first-order valence-corrected chi connectivity index (χ1v) is 5.77. The molecular weight excluding hydrogens is 214 g/mol. The monoisotopic (exact) mass is 231 g/mol. The van der Waals surface area contributed by atoms with E-state index in [9.17, 15) is 0 Å². The highest BCUT2D eigenvalue weighted by Gasteiger charge is 2.00. The Morgan fingerprint density at radius 1 is 1.47 bits per heavy atom. The van der Waals surface area contributed by atoms with Crippen LogP contribution in [0, 0.1) is 0 Å². The van der Waals surface area contributed by atoms with Gasteiger partial charge >= 0.3 is 0 Å². The molecule has 0 aliphatic heterocycles. The average molecular weight is 231 g/mol. The molecule has 0 aromatic carbocycles. The molecule has 0 bridgehead atoms. The maximum atomic E-state index is 5.15. The first kappa shape index (κ1) is 12.4. The fourth-order valence-corrected chi connectivity index (χ4v) is 1.66. The van der Waals surface area contributed by atoms with E-state index in [4.69, 9.17) is 9.47 Å². The Labute approximate surface area is 94.0 Å². The van der Waals surface area contributed by atoms with Crippen molar-refractivity contribution in [1.82, 2.24) is 9.36 Å². The largest absolute Gasteiger partial charge is 0.360 e. The molecule has 0 fully saturated rings. The molecule has 6 heteroatoms. The molecule has 86 valence electrons. The minimum atomic E-state index is 0.360. The molecule has 0 aliphatic carbocycles. The molecule has 0 atom stereocenters. The smallest absolute Gasteiger partial charge is 0.202 e. The van der Waals surface area contributed by atoms with Gasteiger partial charge in [-0.25, -0.2) is 4.98 Å². The molecular formula is C9H17N3O2S. The average Bonchev–Trinajstić information content (AvgIpc) is 2.71. The van der Waals surface area contributed by atoms with Gasteiger partial charge in [0.1, 0.15) is 12.6 Å². The number of hydrogen-bond donors (Lipinski definition) is 1. The van der Waals surface area contributed by atoms with Crippen LogP contribution >= 0.6 is 11.5 Å². The zero-order valence-electron chi connectivity index (χ0n) is 9.15. The van der Waals surface area contributed by atoms with Crippen molar-refractivity contribution in [2.24, 2.45) is 0 Å². The predicted octanol–water partition coefficient (Wildman–Crippen LogP) is 1.52. The normalized spacial score (nSPS) is 10.5. The van der Waals surface area contributed by atoms with Gasteiger partial charge in [-0.1, -0.05) is 6.92 Å². The number of hydrogen-bond acceptors (Lipinski definition) is 6. The molecule has 0 aliphatic rings. The van der Waals surface area contributed by atoms with E-state index in [2.05, 4.69) is 14.7 Å². The van der Waals surface area contributed by atoms with E-state index in [1.54, 1.807) is 7.11 Å². The van der Waals surface area contributed by atoms with E-state index in [1.165, 1.54) is 11.5 Å². The maximum Gasteiger partial charge on any atom is 0.202 e. The third kappa shape index (κ3) is 5.06. The van der Waals surface area contributed by atoms with E-state index in [0.29, 0.717) is 13.4 Å². The van der Waals surface area contributed by atoms with Crippen LogP contribution in [-0.2, 0) is 15.9 Å². The summed E-state index contributed by atoms with van der Waals surface area (Å²) in [5, 5.41) is 4.09. The van der Waals surface area contributed by atoms with Crippen LogP contribution in [-0.4, -0.2) is 36.4 Å². The molecule has 1 rings (SSSR count). The number of anilines is 1. The van der Waals surface area contributed by atoms with Gasteiger partial charge in [-0.05, 0) is 6.42 Å². The minimum absolute atomic E-state index is 0.360. The summed E-state index contributed by atoms with van der Waals surface area (Å²) in [4.78, 5) is 4.29. The van der Waals surface area contributed by atoms with Crippen LogP contribution in [0.5, 0.6) is 0 Å². The van der Waals surface area contributed by atoms with Crippen molar-refractivity contribution in [3.8, 4) is 0 Å². The van der Waals surface area contributed by atoms with Crippen molar-refractivity contribution in [3.05, 3.63) is 5.82 Å². The second kappa shape index (κ2) is 7.56. The topological polar surface area (TPSA) is 56.3 Å². The van der Waals surface area contributed by atoms with Crippen LogP contribution < -0.4 is 5.32 Å². The Morgan fingerprint density at radius 3 is 3.00 bits per heavy atom. The van der Waals surface area contributed by atoms with Crippen molar-refractivity contribution < 1.29 is 9.47 Å². The standard InChI is InChI=1S/C9H17N3O2S/c1-3-8-11-9(15-12-8)10-5-4-6-14-7-13-2/h3-7H2,1-2H3,(H,10,11,12). The molecule has 0 saturated heterocycles. The summed E-state index contributed by atoms with van der Waals surface area (Å²) in [5.41, 5.74) is 0. The molecule has 0 radical (unpaired) electrons. The molecule has 1 N–H and O–H groups in total. The number of rotatable bonds is 8. The lowest BCUT2D eigenvalue weighted by Crippen LogP contribution is -2.06. The second-order valence-corrected chi connectivity index (χ2v) is 3.72. The van der Waals surface area contributed by atoms with E-state index in [-0.39, 0.29) is 0 Å². The van der Waals surface area contributed by atoms with E-state index < -0.39 is 0 Å². The fourth-order valence-electron chi connectivity index (χ4n) is 0.981. The Bertz CT molecular complexity index is 268. The SMILES string of the molecule is CCc1nsc(NCCCOCOC)n1. The quantitative estimate of drug-likeness (QED) is 0.543. The van der Waals surface area contributed by atoms with Crippen molar-refractivity contribution >= 4 is 16.7 Å². The van der Waals surface area contributed by atoms with Gasteiger partial charge in [0.05, 0.1) is 6.61 Å². The second-order valence-electron chi connectivity index (χ2n) is 2.96. The van der Waals surface area contributed by atoms with Gasteiger partial charge in [-0.15, -0.1) is 0 Å². The lowest BCUT2D eigenvalue weighted by Gasteiger charge is -2.02. The molecule has 1 aromatic rings. The third-order valence-electron chi connectivity index (χ3n) is 1.73. The minimum Gasteiger partial charge on any atom is -0.360 e. The molecule has 1 aromatic heterocycles. The summed E-state index contributed by atoms with van der Waals surface area (Å²) >= 11 is 1.40. The Hall–Kier alpha value is -0.720. The number of nitrogens with zero attached hydrogens (tertiary/aromatic N) is 2. The van der Waals surface area contributed by atoms with Gasteiger partial charge in [0, 0.05) is 31.6 Å². The van der Waals surface area contributed by atoms with Crippen molar-refractivity contribution in [3.63, 3.8) is 0 Å². The van der Waals surface area contributed by atoms with E-state index >= 15 is 0 Å². The number of ether oxygens (including phenoxy) is 2. The van der Waals surface area contributed by atoms with E-state index in [0.717, 1.165) is 30.3 Å². The van der Waals surface area contributed by atoms with Crippen LogP contribution in [0.1, 0.15) is 19.2 Å². The molecule has 0 amide bonds. The molecule has 5 nitrogen and oxygen atoms in total. The highest BCUT2D eigenvalue weighted by Crippen LogP contribution is 2.10.